The van der Waals surface area contributed by atoms with Crippen molar-refractivity contribution < 1.29 is 14.3 Å². The molecule has 0 saturated heterocycles. The van der Waals surface area contributed by atoms with Crippen LogP contribution in [0.3, 0.4) is 0 Å². The van der Waals surface area contributed by atoms with Crippen LogP contribution in [0, 0.1) is 0 Å². The first-order valence-electron chi connectivity index (χ1n) is 8.88. The van der Waals surface area contributed by atoms with Crippen molar-refractivity contribution in [2.24, 2.45) is 0 Å². The minimum atomic E-state index is -0.664. The Labute approximate surface area is 139 Å². The standard InChI is InChI=1S/C19H29NO3/c1-3-15-22-17-11-9-16(10-12-17)20-18(21)19(23-4-2)13-7-5-6-8-14-19/h9-12H,3-8,13-15H2,1-2H3,(H,20,21). The molecule has 1 aromatic rings. The molecular weight excluding hydrogens is 290 g/mol. The monoisotopic (exact) mass is 319 g/mol. The van der Waals surface area contributed by atoms with Gasteiger partial charge in [-0.1, -0.05) is 32.6 Å². The van der Waals surface area contributed by atoms with Crippen molar-refractivity contribution in [1.29, 1.82) is 0 Å². The number of carbonyl (C=O) groups is 1. The molecule has 0 spiro atoms. The van der Waals surface area contributed by atoms with Gasteiger partial charge in [-0.25, -0.2) is 0 Å². The van der Waals surface area contributed by atoms with Crippen molar-refractivity contribution in [2.45, 2.75) is 64.4 Å². The summed E-state index contributed by atoms with van der Waals surface area (Å²) in [5.41, 5.74) is 0.130. The molecule has 0 radical (unpaired) electrons. The summed E-state index contributed by atoms with van der Waals surface area (Å²) >= 11 is 0. The Morgan fingerprint density at radius 1 is 1.09 bits per heavy atom. The van der Waals surface area contributed by atoms with Crippen LogP contribution < -0.4 is 10.1 Å². The van der Waals surface area contributed by atoms with Gasteiger partial charge in [-0.2, -0.15) is 0 Å². The van der Waals surface area contributed by atoms with Gasteiger partial charge < -0.3 is 14.8 Å². The number of nitrogens with one attached hydrogen (secondary N) is 1. The second-order valence-electron chi connectivity index (χ2n) is 6.17. The maximum Gasteiger partial charge on any atom is 0.256 e. The Balaban J connectivity index is 2.02. The first-order chi connectivity index (χ1) is 11.2. The first kappa shape index (κ1) is 17.8. The van der Waals surface area contributed by atoms with Crippen molar-refractivity contribution >= 4 is 11.6 Å². The van der Waals surface area contributed by atoms with E-state index < -0.39 is 5.60 Å². The fourth-order valence-electron chi connectivity index (χ4n) is 3.11. The van der Waals surface area contributed by atoms with Crippen molar-refractivity contribution in [3.8, 4) is 5.75 Å². The molecular formula is C19H29NO3. The molecule has 0 unspecified atom stereocenters. The molecule has 2 rings (SSSR count). The van der Waals surface area contributed by atoms with Crippen LogP contribution in [-0.4, -0.2) is 24.7 Å². The van der Waals surface area contributed by atoms with Gasteiger partial charge in [0.25, 0.3) is 5.91 Å². The summed E-state index contributed by atoms with van der Waals surface area (Å²) in [7, 11) is 0. The third kappa shape index (κ3) is 4.96. The van der Waals surface area contributed by atoms with E-state index >= 15 is 0 Å². The molecule has 0 atom stereocenters. The highest BCUT2D eigenvalue weighted by molar-refractivity contribution is 5.97. The molecule has 1 amide bonds. The van der Waals surface area contributed by atoms with E-state index in [2.05, 4.69) is 12.2 Å². The van der Waals surface area contributed by atoms with Gasteiger partial charge in [0.15, 0.2) is 0 Å². The molecule has 128 valence electrons. The Morgan fingerprint density at radius 2 is 1.74 bits per heavy atom. The molecule has 1 aliphatic carbocycles. The lowest BCUT2D eigenvalue weighted by atomic mass is 9.93. The minimum Gasteiger partial charge on any atom is -0.494 e. The van der Waals surface area contributed by atoms with Crippen LogP contribution in [0.25, 0.3) is 0 Å². The van der Waals surface area contributed by atoms with Crippen molar-refractivity contribution in [3.05, 3.63) is 24.3 Å². The summed E-state index contributed by atoms with van der Waals surface area (Å²) in [5.74, 6) is 0.822. The molecule has 4 heteroatoms. The van der Waals surface area contributed by atoms with Gasteiger partial charge in [-0.05, 0) is 50.5 Å². The summed E-state index contributed by atoms with van der Waals surface area (Å²) < 4.78 is 11.5. The lowest BCUT2D eigenvalue weighted by Crippen LogP contribution is -2.45. The van der Waals surface area contributed by atoms with Crippen LogP contribution in [0.5, 0.6) is 5.75 Å². The van der Waals surface area contributed by atoms with E-state index in [0.29, 0.717) is 13.2 Å². The van der Waals surface area contributed by atoms with Gasteiger partial charge in [0.2, 0.25) is 0 Å². The van der Waals surface area contributed by atoms with E-state index in [9.17, 15) is 4.79 Å². The van der Waals surface area contributed by atoms with E-state index in [1.165, 1.54) is 12.8 Å². The summed E-state index contributed by atoms with van der Waals surface area (Å²) in [6.45, 7) is 5.31. The zero-order chi connectivity index (χ0) is 16.5. The number of hydrogen-bond acceptors (Lipinski definition) is 3. The highest BCUT2D eigenvalue weighted by Gasteiger charge is 2.39. The second-order valence-corrected chi connectivity index (χ2v) is 6.17. The molecule has 1 saturated carbocycles. The number of carbonyl (C=O) groups excluding carboxylic acids is 1. The number of ether oxygens (including phenoxy) is 2. The highest BCUT2D eigenvalue weighted by atomic mass is 16.5. The fourth-order valence-corrected chi connectivity index (χ4v) is 3.11. The summed E-state index contributed by atoms with van der Waals surface area (Å²) in [6, 6.07) is 7.57. The van der Waals surface area contributed by atoms with Crippen LogP contribution in [0.4, 0.5) is 5.69 Å². The van der Waals surface area contributed by atoms with Crippen molar-refractivity contribution in [1.82, 2.24) is 0 Å². The van der Waals surface area contributed by atoms with Gasteiger partial charge in [0, 0.05) is 12.3 Å². The van der Waals surface area contributed by atoms with Gasteiger partial charge in [0.05, 0.1) is 6.61 Å². The number of amides is 1. The highest BCUT2D eigenvalue weighted by Crippen LogP contribution is 2.32. The van der Waals surface area contributed by atoms with E-state index in [0.717, 1.165) is 43.5 Å². The van der Waals surface area contributed by atoms with Crippen LogP contribution >= 0.6 is 0 Å². The molecule has 23 heavy (non-hydrogen) atoms. The van der Waals surface area contributed by atoms with E-state index in [4.69, 9.17) is 9.47 Å². The molecule has 4 nitrogen and oxygen atoms in total. The quantitative estimate of drug-likeness (QED) is 0.750. The number of benzene rings is 1. The number of anilines is 1. The number of hydrogen-bond donors (Lipinski definition) is 1. The summed E-state index contributed by atoms with van der Waals surface area (Å²) in [6.07, 6.45) is 7.08. The lowest BCUT2D eigenvalue weighted by molar-refractivity contribution is -0.143. The van der Waals surface area contributed by atoms with E-state index in [-0.39, 0.29) is 5.91 Å². The van der Waals surface area contributed by atoms with Gasteiger partial charge in [-0.15, -0.1) is 0 Å². The van der Waals surface area contributed by atoms with Gasteiger partial charge in [-0.3, -0.25) is 4.79 Å². The van der Waals surface area contributed by atoms with Gasteiger partial charge >= 0.3 is 0 Å². The van der Waals surface area contributed by atoms with Crippen molar-refractivity contribution in [3.63, 3.8) is 0 Å². The molecule has 0 aromatic heterocycles. The largest absolute Gasteiger partial charge is 0.494 e. The second kappa shape index (κ2) is 8.92. The third-order valence-corrected chi connectivity index (χ3v) is 4.33. The van der Waals surface area contributed by atoms with E-state index in [1.807, 2.05) is 31.2 Å². The van der Waals surface area contributed by atoms with Crippen LogP contribution in [0.1, 0.15) is 58.8 Å². The summed E-state index contributed by atoms with van der Waals surface area (Å²) in [4.78, 5) is 12.8. The Bertz CT molecular complexity index is 476. The fraction of sp³-hybridized carbons (Fsp3) is 0.632. The zero-order valence-electron chi connectivity index (χ0n) is 14.4. The van der Waals surface area contributed by atoms with E-state index in [1.54, 1.807) is 0 Å². The third-order valence-electron chi connectivity index (χ3n) is 4.33. The Kier molecular flexibility index (Phi) is 6.90. The molecule has 1 N–H and O–H groups in total. The molecule has 0 aliphatic heterocycles. The number of rotatable bonds is 7. The molecule has 1 aliphatic rings. The predicted molar refractivity (Wildman–Crippen MR) is 92.9 cm³/mol. The average Bonchev–Trinajstić information content (AvgIpc) is 2.81. The lowest BCUT2D eigenvalue weighted by Gasteiger charge is -2.31. The predicted octanol–water partition coefficient (Wildman–Crippen LogP) is 4.54. The van der Waals surface area contributed by atoms with Gasteiger partial charge in [0.1, 0.15) is 11.4 Å². The maximum atomic E-state index is 12.8. The van der Waals surface area contributed by atoms with Crippen LogP contribution in [-0.2, 0) is 9.53 Å². The van der Waals surface area contributed by atoms with Crippen LogP contribution in [0.15, 0.2) is 24.3 Å². The van der Waals surface area contributed by atoms with Crippen molar-refractivity contribution in [2.75, 3.05) is 18.5 Å². The molecule has 0 bridgehead atoms. The maximum absolute atomic E-state index is 12.8. The average molecular weight is 319 g/mol. The molecule has 1 fully saturated rings. The van der Waals surface area contributed by atoms with Crippen LogP contribution in [0.2, 0.25) is 0 Å². The molecule has 0 heterocycles. The Morgan fingerprint density at radius 3 is 2.30 bits per heavy atom. The zero-order valence-corrected chi connectivity index (χ0v) is 14.4. The minimum absolute atomic E-state index is 0.0107. The first-order valence-corrected chi connectivity index (χ1v) is 8.88. The summed E-state index contributed by atoms with van der Waals surface area (Å²) in [5, 5.41) is 3.03. The SMILES string of the molecule is CCCOc1ccc(NC(=O)C2(OCC)CCCCCC2)cc1. The topological polar surface area (TPSA) is 47.6 Å². The smallest absolute Gasteiger partial charge is 0.256 e. The normalized spacial score (nSPS) is 17.3. The molecule has 1 aromatic carbocycles. The Hall–Kier alpha value is -1.55.